The minimum atomic E-state index is -0.967. The van der Waals surface area contributed by atoms with E-state index in [1.54, 1.807) is 31.4 Å². The van der Waals surface area contributed by atoms with Gasteiger partial charge in [-0.1, -0.05) is 72.8 Å². The molecule has 2 aliphatic rings. The average Bonchev–Trinajstić information content (AvgIpc) is 3.20. The molecule has 0 unspecified atom stereocenters. The van der Waals surface area contributed by atoms with E-state index >= 15 is 0 Å². The van der Waals surface area contributed by atoms with Crippen molar-refractivity contribution in [3.05, 3.63) is 112 Å². The lowest BCUT2D eigenvalue weighted by atomic mass is 9.83. The Morgan fingerprint density at radius 3 is 2.34 bits per heavy atom. The summed E-state index contributed by atoms with van der Waals surface area (Å²) < 4.78 is 5.27. The maximum atomic E-state index is 13.9. The van der Waals surface area contributed by atoms with Crippen LogP contribution in [-0.4, -0.2) is 35.9 Å². The highest BCUT2D eigenvalue weighted by Crippen LogP contribution is 2.47. The van der Waals surface area contributed by atoms with Crippen LogP contribution in [-0.2, 0) is 0 Å². The lowest BCUT2D eigenvalue weighted by molar-refractivity contribution is -0.524. The Hall–Kier alpha value is -3.93. The second-order valence-corrected chi connectivity index (χ2v) is 8.07. The van der Waals surface area contributed by atoms with Crippen LogP contribution in [0.15, 0.2) is 84.9 Å². The number of hydrogen-bond donors (Lipinski definition) is 0. The van der Waals surface area contributed by atoms with E-state index < -0.39 is 24.0 Å². The van der Waals surface area contributed by atoms with Gasteiger partial charge in [0.1, 0.15) is 17.8 Å². The molecule has 32 heavy (non-hydrogen) atoms. The van der Waals surface area contributed by atoms with Crippen molar-refractivity contribution < 1.29 is 14.5 Å². The first-order chi connectivity index (χ1) is 15.6. The molecule has 0 spiro atoms. The average molecular weight is 426 g/mol. The third-order valence-electron chi connectivity index (χ3n) is 6.44. The number of benzene rings is 3. The van der Waals surface area contributed by atoms with Crippen LogP contribution in [0.2, 0.25) is 0 Å². The Kier molecular flexibility index (Phi) is 4.98. The van der Waals surface area contributed by atoms with Gasteiger partial charge < -0.3 is 9.64 Å². The van der Waals surface area contributed by atoms with Crippen LogP contribution in [0.4, 0.5) is 5.69 Å². The van der Waals surface area contributed by atoms with E-state index in [0.29, 0.717) is 11.3 Å². The van der Waals surface area contributed by atoms with E-state index in [1.807, 2.05) is 71.6 Å². The van der Waals surface area contributed by atoms with E-state index in [4.69, 9.17) is 4.74 Å². The number of carbonyl (C=O) groups excluding carboxylic acids is 1. The van der Waals surface area contributed by atoms with Crippen LogP contribution in [0, 0.1) is 10.1 Å². The standard InChI is InChI=1S/C26H22N2O4/c1-32-20-14-11-18(12-15-20)23-24(28(30)31)22-16-13-17-7-5-6-10-21(17)27(22)25(23)26(29)19-8-3-2-4-9-19/h2-16,22-25H,1H3/t22-,23+,24-,25+/m1/s1. The Morgan fingerprint density at radius 2 is 1.66 bits per heavy atom. The first kappa shape index (κ1) is 20.0. The molecule has 0 saturated carbocycles. The summed E-state index contributed by atoms with van der Waals surface area (Å²) >= 11 is 0. The smallest absolute Gasteiger partial charge is 0.245 e. The number of carbonyl (C=O) groups is 1. The van der Waals surface area contributed by atoms with Gasteiger partial charge in [-0.15, -0.1) is 0 Å². The molecule has 2 aliphatic heterocycles. The van der Waals surface area contributed by atoms with Crippen molar-refractivity contribution >= 4 is 17.5 Å². The first-order valence-corrected chi connectivity index (χ1v) is 10.5. The molecule has 0 N–H and O–H groups in total. The third-order valence-corrected chi connectivity index (χ3v) is 6.44. The van der Waals surface area contributed by atoms with E-state index in [9.17, 15) is 14.9 Å². The van der Waals surface area contributed by atoms with Gasteiger partial charge in [-0.25, -0.2) is 0 Å². The van der Waals surface area contributed by atoms with Gasteiger partial charge in [-0.2, -0.15) is 0 Å². The number of methoxy groups -OCH3 is 1. The highest BCUT2D eigenvalue weighted by atomic mass is 16.6. The van der Waals surface area contributed by atoms with E-state index in [-0.39, 0.29) is 10.7 Å². The molecule has 160 valence electrons. The van der Waals surface area contributed by atoms with Gasteiger partial charge in [0.25, 0.3) is 0 Å². The van der Waals surface area contributed by atoms with Crippen LogP contribution in [0.3, 0.4) is 0 Å². The number of hydrogen-bond acceptors (Lipinski definition) is 5. The molecule has 1 saturated heterocycles. The summed E-state index contributed by atoms with van der Waals surface area (Å²) in [4.78, 5) is 28.0. The molecule has 0 radical (unpaired) electrons. The summed E-state index contributed by atoms with van der Waals surface area (Å²) in [5.74, 6) is -0.0754. The Balaban J connectivity index is 1.71. The van der Waals surface area contributed by atoms with Crippen LogP contribution in [0.1, 0.15) is 27.4 Å². The molecule has 4 atom stereocenters. The van der Waals surface area contributed by atoms with Gasteiger partial charge >= 0.3 is 0 Å². The van der Waals surface area contributed by atoms with Gasteiger partial charge in [0.15, 0.2) is 5.78 Å². The highest BCUT2D eigenvalue weighted by Gasteiger charge is 2.58. The van der Waals surface area contributed by atoms with Crippen LogP contribution in [0.25, 0.3) is 6.08 Å². The third kappa shape index (κ3) is 3.15. The summed E-state index contributed by atoms with van der Waals surface area (Å²) in [6.45, 7) is 0. The van der Waals surface area contributed by atoms with Crippen molar-refractivity contribution in [3.63, 3.8) is 0 Å². The summed E-state index contributed by atoms with van der Waals surface area (Å²) in [6.07, 6.45) is 3.79. The molecule has 3 aromatic rings. The zero-order valence-corrected chi connectivity index (χ0v) is 17.5. The molecule has 2 heterocycles. The van der Waals surface area contributed by atoms with Gasteiger partial charge in [0.05, 0.1) is 13.0 Å². The van der Waals surface area contributed by atoms with E-state index in [1.165, 1.54) is 0 Å². The zero-order valence-electron chi connectivity index (χ0n) is 17.5. The number of fused-ring (bicyclic) bond motifs is 3. The number of anilines is 1. The molecule has 6 heteroatoms. The minimum absolute atomic E-state index is 0.120. The minimum Gasteiger partial charge on any atom is -0.497 e. The molecule has 0 aliphatic carbocycles. The molecule has 3 aromatic carbocycles. The van der Waals surface area contributed by atoms with Gasteiger partial charge in [-0.3, -0.25) is 14.9 Å². The quantitative estimate of drug-likeness (QED) is 0.339. The fraction of sp³-hybridized carbons (Fsp3) is 0.192. The number of nitro groups is 1. The van der Waals surface area contributed by atoms with Crippen molar-refractivity contribution in [3.8, 4) is 5.75 Å². The lowest BCUT2D eigenvalue weighted by Gasteiger charge is -2.34. The monoisotopic (exact) mass is 426 g/mol. The van der Waals surface area contributed by atoms with Gasteiger partial charge in [-0.05, 0) is 29.3 Å². The molecule has 6 nitrogen and oxygen atoms in total. The fourth-order valence-electron chi connectivity index (χ4n) is 5.03. The lowest BCUT2D eigenvalue weighted by Crippen LogP contribution is -2.44. The summed E-state index contributed by atoms with van der Waals surface area (Å²) in [5, 5.41) is 12.4. The number of Topliss-reactive ketones (excluding diaryl/α,β-unsaturated/α-hetero) is 1. The van der Waals surface area contributed by atoms with Crippen molar-refractivity contribution in [2.24, 2.45) is 0 Å². The normalized spacial score (nSPS) is 23.3. The summed E-state index contributed by atoms with van der Waals surface area (Å²) in [5.41, 5.74) is 3.09. The molecule has 0 amide bonds. The number of rotatable bonds is 5. The molecular formula is C26H22N2O4. The highest BCUT2D eigenvalue weighted by molar-refractivity contribution is 6.04. The Labute approximate surface area is 185 Å². The fourth-order valence-corrected chi connectivity index (χ4v) is 5.03. The second kappa shape index (κ2) is 7.96. The molecule has 0 bridgehead atoms. The summed E-state index contributed by atoms with van der Waals surface area (Å²) in [6, 6.07) is 21.8. The van der Waals surface area contributed by atoms with Gasteiger partial charge in [0, 0.05) is 16.2 Å². The van der Waals surface area contributed by atoms with Crippen LogP contribution < -0.4 is 9.64 Å². The van der Waals surface area contributed by atoms with Crippen LogP contribution in [0.5, 0.6) is 5.75 Å². The maximum Gasteiger partial charge on any atom is 0.245 e. The van der Waals surface area contributed by atoms with E-state index in [2.05, 4.69) is 0 Å². The molecule has 5 rings (SSSR count). The largest absolute Gasteiger partial charge is 0.497 e. The number of ether oxygens (including phenoxy) is 1. The predicted molar refractivity (Wildman–Crippen MR) is 123 cm³/mol. The topological polar surface area (TPSA) is 72.7 Å². The van der Waals surface area contributed by atoms with Crippen molar-refractivity contribution in [1.82, 2.24) is 0 Å². The second-order valence-electron chi connectivity index (χ2n) is 8.07. The Bertz CT molecular complexity index is 1190. The number of para-hydroxylation sites is 1. The molecule has 1 fully saturated rings. The summed E-state index contributed by atoms with van der Waals surface area (Å²) in [7, 11) is 1.58. The first-order valence-electron chi connectivity index (χ1n) is 10.5. The van der Waals surface area contributed by atoms with Crippen molar-refractivity contribution in [2.45, 2.75) is 24.0 Å². The maximum absolute atomic E-state index is 13.9. The van der Waals surface area contributed by atoms with Gasteiger partial charge in [0.2, 0.25) is 6.04 Å². The number of ketones is 1. The van der Waals surface area contributed by atoms with Crippen molar-refractivity contribution in [2.75, 3.05) is 12.0 Å². The molecular weight excluding hydrogens is 404 g/mol. The predicted octanol–water partition coefficient (Wildman–Crippen LogP) is 4.59. The van der Waals surface area contributed by atoms with E-state index in [0.717, 1.165) is 16.8 Å². The molecule has 0 aromatic heterocycles. The number of nitrogens with zero attached hydrogens (tertiary/aromatic N) is 2. The van der Waals surface area contributed by atoms with Crippen molar-refractivity contribution in [1.29, 1.82) is 0 Å². The Morgan fingerprint density at radius 1 is 0.969 bits per heavy atom. The zero-order chi connectivity index (χ0) is 22.2. The van der Waals surface area contributed by atoms with Crippen LogP contribution >= 0.6 is 0 Å². The SMILES string of the molecule is COc1ccc([C@H]2[C@H]([N+](=O)[O-])[C@H]3C=Cc4ccccc4N3[C@@H]2C(=O)c2ccccc2)cc1.